The zero-order valence-electron chi connectivity index (χ0n) is 12.4. The molecule has 1 aromatic carbocycles. The van der Waals surface area contributed by atoms with E-state index in [1.807, 2.05) is 30.3 Å². The molecule has 22 heavy (non-hydrogen) atoms. The predicted octanol–water partition coefficient (Wildman–Crippen LogP) is 1.82. The number of benzene rings is 1. The monoisotopic (exact) mass is 308 g/mol. The molecule has 6 nitrogen and oxygen atoms in total. The van der Waals surface area contributed by atoms with Gasteiger partial charge in [-0.25, -0.2) is 0 Å². The summed E-state index contributed by atoms with van der Waals surface area (Å²) < 4.78 is 20.3. The van der Waals surface area contributed by atoms with E-state index in [9.17, 15) is 9.59 Å². The van der Waals surface area contributed by atoms with E-state index < -0.39 is 0 Å². The molecule has 1 aliphatic rings. The molecule has 6 heteroatoms. The van der Waals surface area contributed by atoms with Gasteiger partial charge in [0.1, 0.15) is 19.5 Å². The number of rotatable bonds is 7. The first-order valence-electron chi connectivity index (χ1n) is 7.28. The van der Waals surface area contributed by atoms with Gasteiger partial charge in [-0.15, -0.1) is 0 Å². The van der Waals surface area contributed by atoms with Gasteiger partial charge in [0.2, 0.25) is 0 Å². The van der Waals surface area contributed by atoms with Crippen LogP contribution in [-0.4, -0.2) is 38.0 Å². The Balaban J connectivity index is 1.55. The van der Waals surface area contributed by atoms with E-state index in [0.29, 0.717) is 19.6 Å². The lowest BCUT2D eigenvalue weighted by atomic mass is 10.2. The first kappa shape index (κ1) is 16.5. The van der Waals surface area contributed by atoms with Crippen molar-refractivity contribution >= 4 is 11.9 Å². The fraction of sp³-hybridized carbons (Fsp3) is 0.500. The van der Waals surface area contributed by atoms with Crippen LogP contribution in [0.2, 0.25) is 0 Å². The maximum Gasteiger partial charge on any atom is 0.306 e. The van der Waals surface area contributed by atoms with Crippen molar-refractivity contribution in [2.24, 2.45) is 0 Å². The average molecular weight is 308 g/mol. The maximum atomic E-state index is 11.6. The van der Waals surface area contributed by atoms with Gasteiger partial charge in [0, 0.05) is 12.8 Å². The van der Waals surface area contributed by atoms with Crippen molar-refractivity contribution in [3.63, 3.8) is 0 Å². The van der Waals surface area contributed by atoms with Gasteiger partial charge in [-0.3, -0.25) is 9.59 Å². The van der Waals surface area contributed by atoms with Crippen molar-refractivity contribution in [3.8, 4) is 0 Å². The first-order chi connectivity index (χ1) is 10.7. The summed E-state index contributed by atoms with van der Waals surface area (Å²) >= 11 is 0. The lowest BCUT2D eigenvalue weighted by Crippen LogP contribution is -2.33. The molecule has 0 amide bonds. The van der Waals surface area contributed by atoms with Crippen LogP contribution in [0.4, 0.5) is 0 Å². The van der Waals surface area contributed by atoms with E-state index in [2.05, 4.69) is 0 Å². The number of hydrogen-bond donors (Lipinski definition) is 0. The third kappa shape index (κ3) is 6.24. The number of carbonyl (C=O) groups is 2. The molecule has 1 aromatic rings. The van der Waals surface area contributed by atoms with Gasteiger partial charge in [-0.05, 0) is 12.0 Å². The van der Waals surface area contributed by atoms with E-state index in [1.165, 1.54) is 0 Å². The third-order valence-corrected chi connectivity index (χ3v) is 3.08. The SMILES string of the molecule is O=C(CCCC(=O)OC1COCOC1)OCc1ccccc1. The molecule has 2 rings (SSSR count). The second-order valence-corrected chi connectivity index (χ2v) is 4.97. The van der Waals surface area contributed by atoms with Gasteiger partial charge < -0.3 is 18.9 Å². The minimum Gasteiger partial charge on any atom is -0.461 e. The average Bonchev–Trinajstić information content (AvgIpc) is 2.55. The highest BCUT2D eigenvalue weighted by molar-refractivity contribution is 5.72. The lowest BCUT2D eigenvalue weighted by molar-refractivity contribution is -0.183. The number of esters is 2. The fourth-order valence-electron chi connectivity index (χ4n) is 1.97. The van der Waals surface area contributed by atoms with Crippen molar-refractivity contribution in [2.75, 3.05) is 20.0 Å². The van der Waals surface area contributed by atoms with E-state index in [-0.39, 0.29) is 44.3 Å². The molecule has 0 radical (unpaired) electrons. The molecule has 120 valence electrons. The highest BCUT2D eigenvalue weighted by atomic mass is 16.7. The number of carbonyl (C=O) groups excluding carboxylic acids is 2. The van der Waals surface area contributed by atoms with Crippen LogP contribution in [0.5, 0.6) is 0 Å². The third-order valence-electron chi connectivity index (χ3n) is 3.08. The molecule has 0 bridgehead atoms. The Morgan fingerprint density at radius 2 is 1.73 bits per heavy atom. The molecule has 0 N–H and O–H groups in total. The quantitative estimate of drug-likeness (QED) is 0.716. The summed E-state index contributed by atoms with van der Waals surface area (Å²) in [5, 5.41) is 0. The first-order valence-corrected chi connectivity index (χ1v) is 7.28. The zero-order chi connectivity index (χ0) is 15.6. The molecular formula is C16H20O6. The summed E-state index contributed by atoms with van der Waals surface area (Å²) in [6.07, 6.45) is 0.420. The molecular weight excluding hydrogens is 288 g/mol. The Kier molecular flexibility index (Phi) is 6.86. The topological polar surface area (TPSA) is 71.1 Å². The van der Waals surface area contributed by atoms with Crippen LogP contribution in [0, 0.1) is 0 Å². The van der Waals surface area contributed by atoms with Crippen LogP contribution in [-0.2, 0) is 35.1 Å². The van der Waals surface area contributed by atoms with Gasteiger partial charge in [-0.2, -0.15) is 0 Å². The highest BCUT2D eigenvalue weighted by Gasteiger charge is 2.18. The summed E-state index contributed by atoms with van der Waals surface area (Å²) in [7, 11) is 0. The lowest BCUT2D eigenvalue weighted by Gasteiger charge is -2.22. The molecule has 1 fully saturated rings. The molecule has 0 unspecified atom stereocenters. The van der Waals surface area contributed by atoms with E-state index in [4.69, 9.17) is 18.9 Å². The van der Waals surface area contributed by atoms with E-state index in [0.717, 1.165) is 5.56 Å². The van der Waals surface area contributed by atoms with Crippen molar-refractivity contribution in [1.29, 1.82) is 0 Å². The van der Waals surface area contributed by atoms with Crippen LogP contribution in [0.3, 0.4) is 0 Å². The van der Waals surface area contributed by atoms with Crippen molar-refractivity contribution in [3.05, 3.63) is 35.9 Å². The highest BCUT2D eigenvalue weighted by Crippen LogP contribution is 2.07. The Labute approximate surface area is 129 Å². The second kappa shape index (κ2) is 9.17. The molecule has 0 atom stereocenters. The van der Waals surface area contributed by atoms with Crippen LogP contribution in [0.15, 0.2) is 30.3 Å². The molecule has 1 saturated heterocycles. The number of ether oxygens (including phenoxy) is 4. The van der Waals surface area contributed by atoms with Gasteiger partial charge in [0.05, 0.1) is 13.2 Å². The van der Waals surface area contributed by atoms with Crippen molar-refractivity contribution in [2.45, 2.75) is 32.0 Å². The summed E-state index contributed by atoms with van der Waals surface area (Å²) in [6, 6.07) is 9.45. The van der Waals surface area contributed by atoms with Crippen LogP contribution >= 0.6 is 0 Å². The zero-order valence-corrected chi connectivity index (χ0v) is 12.4. The Morgan fingerprint density at radius 3 is 2.45 bits per heavy atom. The standard InChI is InChI=1S/C16H20O6/c17-15(21-9-13-5-2-1-3-6-13)7-4-8-16(18)22-14-10-19-12-20-11-14/h1-3,5-6,14H,4,7-12H2. The molecule has 1 aliphatic heterocycles. The molecule has 0 aliphatic carbocycles. The minimum atomic E-state index is -0.355. The molecule has 0 saturated carbocycles. The Hall–Kier alpha value is -1.92. The summed E-state index contributed by atoms with van der Waals surface area (Å²) in [5.41, 5.74) is 0.938. The molecule has 0 aromatic heterocycles. The maximum absolute atomic E-state index is 11.6. The van der Waals surface area contributed by atoms with Crippen LogP contribution in [0.25, 0.3) is 0 Å². The normalized spacial score (nSPS) is 15.3. The largest absolute Gasteiger partial charge is 0.461 e. The summed E-state index contributed by atoms with van der Waals surface area (Å²) in [5.74, 6) is -0.670. The smallest absolute Gasteiger partial charge is 0.306 e. The van der Waals surface area contributed by atoms with E-state index in [1.54, 1.807) is 0 Å². The second-order valence-electron chi connectivity index (χ2n) is 4.97. The van der Waals surface area contributed by atoms with Gasteiger partial charge >= 0.3 is 11.9 Å². The van der Waals surface area contributed by atoms with Crippen LogP contribution < -0.4 is 0 Å². The summed E-state index contributed by atoms with van der Waals surface area (Å²) in [4.78, 5) is 23.2. The Morgan fingerprint density at radius 1 is 1.05 bits per heavy atom. The molecule has 1 heterocycles. The predicted molar refractivity (Wildman–Crippen MR) is 76.7 cm³/mol. The number of hydrogen-bond acceptors (Lipinski definition) is 6. The minimum absolute atomic E-state index is 0.178. The van der Waals surface area contributed by atoms with Crippen LogP contribution in [0.1, 0.15) is 24.8 Å². The summed E-state index contributed by atoms with van der Waals surface area (Å²) in [6.45, 7) is 1.19. The van der Waals surface area contributed by atoms with Crippen molar-refractivity contribution in [1.82, 2.24) is 0 Å². The fourth-order valence-corrected chi connectivity index (χ4v) is 1.97. The molecule has 0 spiro atoms. The van der Waals surface area contributed by atoms with E-state index >= 15 is 0 Å². The van der Waals surface area contributed by atoms with Gasteiger partial charge in [0.25, 0.3) is 0 Å². The van der Waals surface area contributed by atoms with Gasteiger partial charge in [-0.1, -0.05) is 30.3 Å². The van der Waals surface area contributed by atoms with Gasteiger partial charge in [0.15, 0.2) is 0 Å². The van der Waals surface area contributed by atoms with Crippen molar-refractivity contribution < 1.29 is 28.5 Å². The Bertz CT molecular complexity index is 467.